The Morgan fingerprint density at radius 1 is 1.39 bits per heavy atom. The highest BCUT2D eigenvalue weighted by atomic mass is 79.9. The number of amides is 1. The lowest BCUT2D eigenvalue weighted by Crippen LogP contribution is -2.48. The molecule has 1 aliphatic rings. The van der Waals surface area contributed by atoms with Crippen molar-refractivity contribution in [2.75, 3.05) is 0 Å². The van der Waals surface area contributed by atoms with Gasteiger partial charge >= 0.3 is 0 Å². The third-order valence-electron chi connectivity index (χ3n) is 4.30. The van der Waals surface area contributed by atoms with E-state index in [-0.39, 0.29) is 5.91 Å². The monoisotopic (exact) mass is 376 g/mol. The number of aryl methyl sites for hydroxylation is 2. The van der Waals surface area contributed by atoms with Crippen LogP contribution >= 0.6 is 15.9 Å². The molecule has 0 fully saturated rings. The summed E-state index contributed by atoms with van der Waals surface area (Å²) >= 11 is 3.39. The molecule has 2 aromatic rings. The Bertz CT molecular complexity index is 682. The molecule has 0 bridgehead atoms. The SMILES string of the molecule is CC(N)(C(=O)NCc1cn2c(n1)CCCC2)c1ccc(Br)cc1. The molecule has 0 saturated heterocycles. The van der Waals surface area contributed by atoms with Crippen LogP contribution in [0, 0.1) is 0 Å². The molecule has 1 aromatic carbocycles. The van der Waals surface area contributed by atoms with E-state index < -0.39 is 5.54 Å². The Labute approximate surface area is 144 Å². The maximum Gasteiger partial charge on any atom is 0.244 e. The van der Waals surface area contributed by atoms with Gasteiger partial charge in [-0.15, -0.1) is 0 Å². The molecule has 23 heavy (non-hydrogen) atoms. The molecule has 5 nitrogen and oxygen atoms in total. The molecule has 1 aliphatic heterocycles. The van der Waals surface area contributed by atoms with E-state index in [0.29, 0.717) is 6.54 Å². The van der Waals surface area contributed by atoms with Gasteiger partial charge in [-0.2, -0.15) is 0 Å². The Balaban J connectivity index is 1.66. The number of hydrogen-bond acceptors (Lipinski definition) is 3. The number of hydrogen-bond donors (Lipinski definition) is 2. The van der Waals surface area contributed by atoms with Gasteiger partial charge in [-0.1, -0.05) is 28.1 Å². The summed E-state index contributed by atoms with van der Waals surface area (Å²) in [5.41, 5.74) is 6.84. The number of nitrogens with zero attached hydrogens (tertiary/aromatic N) is 2. The van der Waals surface area contributed by atoms with Crippen LogP contribution in [0.25, 0.3) is 0 Å². The number of imidazole rings is 1. The summed E-state index contributed by atoms with van der Waals surface area (Å²) in [4.78, 5) is 17.1. The predicted molar refractivity (Wildman–Crippen MR) is 92.7 cm³/mol. The maximum absolute atomic E-state index is 12.5. The molecule has 2 heterocycles. The molecule has 122 valence electrons. The highest BCUT2D eigenvalue weighted by molar-refractivity contribution is 9.10. The van der Waals surface area contributed by atoms with Gasteiger partial charge in [-0.3, -0.25) is 4.79 Å². The van der Waals surface area contributed by atoms with Crippen molar-refractivity contribution in [3.63, 3.8) is 0 Å². The van der Waals surface area contributed by atoms with E-state index in [2.05, 4.69) is 30.8 Å². The van der Waals surface area contributed by atoms with E-state index in [1.54, 1.807) is 6.92 Å². The average molecular weight is 377 g/mol. The number of nitrogens with one attached hydrogen (secondary N) is 1. The Morgan fingerprint density at radius 2 is 2.13 bits per heavy atom. The van der Waals surface area contributed by atoms with Crippen LogP contribution in [0.5, 0.6) is 0 Å². The van der Waals surface area contributed by atoms with E-state index in [9.17, 15) is 4.79 Å². The van der Waals surface area contributed by atoms with Crippen LogP contribution in [0.4, 0.5) is 0 Å². The smallest absolute Gasteiger partial charge is 0.244 e. The van der Waals surface area contributed by atoms with Crippen molar-refractivity contribution in [2.24, 2.45) is 5.73 Å². The zero-order chi connectivity index (χ0) is 16.4. The second kappa shape index (κ2) is 6.45. The molecule has 1 aromatic heterocycles. The van der Waals surface area contributed by atoms with E-state index in [1.807, 2.05) is 30.5 Å². The van der Waals surface area contributed by atoms with Crippen LogP contribution in [-0.4, -0.2) is 15.5 Å². The topological polar surface area (TPSA) is 72.9 Å². The van der Waals surface area contributed by atoms with Gasteiger partial charge in [0.2, 0.25) is 5.91 Å². The molecule has 0 saturated carbocycles. The Morgan fingerprint density at radius 3 is 2.83 bits per heavy atom. The van der Waals surface area contributed by atoms with Gasteiger partial charge in [0.1, 0.15) is 11.4 Å². The number of carbonyl (C=O) groups excluding carboxylic acids is 1. The van der Waals surface area contributed by atoms with Crippen molar-refractivity contribution in [2.45, 2.75) is 44.8 Å². The predicted octanol–water partition coefficient (Wildman–Crippen LogP) is 2.47. The van der Waals surface area contributed by atoms with Crippen LogP contribution in [0.1, 0.15) is 36.8 Å². The number of nitrogens with two attached hydrogens (primary N) is 1. The molecule has 0 aliphatic carbocycles. The number of fused-ring (bicyclic) bond motifs is 1. The first kappa shape index (κ1) is 16.2. The van der Waals surface area contributed by atoms with E-state index in [0.717, 1.165) is 34.5 Å². The zero-order valence-corrected chi connectivity index (χ0v) is 14.8. The molecular weight excluding hydrogens is 356 g/mol. The summed E-state index contributed by atoms with van der Waals surface area (Å²) in [6, 6.07) is 7.49. The summed E-state index contributed by atoms with van der Waals surface area (Å²) in [5.74, 6) is 0.912. The van der Waals surface area contributed by atoms with Crippen LogP contribution in [0.2, 0.25) is 0 Å². The summed E-state index contributed by atoms with van der Waals surface area (Å²) < 4.78 is 3.14. The first-order valence-electron chi connectivity index (χ1n) is 7.85. The van der Waals surface area contributed by atoms with Gasteiger partial charge < -0.3 is 15.6 Å². The fourth-order valence-electron chi connectivity index (χ4n) is 2.84. The molecule has 0 radical (unpaired) electrons. The molecule has 3 N–H and O–H groups in total. The number of carbonyl (C=O) groups is 1. The first-order valence-corrected chi connectivity index (χ1v) is 8.64. The van der Waals surface area contributed by atoms with Crippen LogP contribution < -0.4 is 11.1 Å². The van der Waals surface area contributed by atoms with Crippen molar-refractivity contribution in [1.82, 2.24) is 14.9 Å². The van der Waals surface area contributed by atoms with Gasteiger partial charge in [0.25, 0.3) is 0 Å². The van der Waals surface area contributed by atoms with Gasteiger partial charge in [0, 0.05) is 23.6 Å². The third-order valence-corrected chi connectivity index (χ3v) is 4.83. The van der Waals surface area contributed by atoms with Crippen molar-refractivity contribution in [3.05, 3.63) is 52.0 Å². The fourth-order valence-corrected chi connectivity index (χ4v) is 3.10. The van der Waals surface area contributed by atoms with Crippen LogP contribution in [-0.2, 0) is 29.8 Å². The lowest BCUT2D eigenvalue weighted by Gasteiger charge is -2.24. The number of benzene rings is 1. The highest BCUT2D eigenvalue weighted by Gasteiger charge is 2.30. The minimum Gasteiger partial charge on any atom is -0.348 e. The number of aromatic nitrogens is 2. The van der Waals surface area contributed by atoms with E-state index in [1.165, 1.54) is 12.8 Å². The Kier molecular flexibility index (Phi) is 4.55. The largest absolute Gasteiger partial charge is 0.348 e. The number of rotatable bonds is 4. The van der Waals surface area contributed by atoms with Crippen molar-refractivity contribution in [1.29, 1.82) is 0 Å². The lowest BCUT2D eigenvalue weighted by molar-refractivity contribution is -0.126. The quantitative estimate of drug-likeness (QED) is 0.860. The molecule has 3 rings (SSSR count). The van der Waals surface area contributed by atoms with Gasteiger partial charge in [0.05, 0.1) is 12.2 Å². The molecule has 1 atom stereocenters. The van der Waals surface area contributed by atoms with Crippen LogP contribution in [0.3, 0.4) is 0 Å². The van der Waals surface area contributed by atoms with Crippen LogP contribution in [0.15, 0.2) is 34.9 Å². The summed E-state index contributed by atoms with van der Waals surface area (Å²) in [6.45, 7) is 3.15. The maximum atomic E-state index is 12.5. The average Bonchev–Trinajstić information content (AvgIpc) is 2.95. The zero-order valence-electron chi connectivity index (χ0n) is 13.2. The summed E-state index contributed by atoms with van der Waals surface area (Å²) in [5, 5.41) is 2.91. The Hall–Kier alpha value is -1.66. The normalized spacial score (nSPS) is 16.5. The molecule has 1 amide bonds. The molecule has 0 spiro atoms. The molecular formula is C17H21BrN4O. The first-order chi connectivity index (χ1) is 11.0. The third kappa shape index (κ3) is 3.48. The second-order valence-electron chi connectivity index (χ2n) is 6.19. The lowest BCUT2D eigenvalue weighted by atomic mass is 9.92. The van der Waals surface area contributed by atoms with Crippen molar-refractivity contribution >= 4 is 21.8 Å². The van der Waals surface area contributed by atoms with Crippen molar-refractivity contribution < 1.29 is 4.79 Å². The molecule has 6 heteroatoms. The molecule has 1 unspecified atom stereocenters. The second-order valence-corrected chi connectivity index (χ2v) is 7.11. The highest BCUT2D eigenvalue weighted by Crippen LogP contribution is 2.21. The van der Waals surface area contributed by atoms with Crippen molar-refractivity contribution in [3.8, 4) is 0 Å². The van der Waals surface area contributed by atoms with E-state index >= 15 is 0 Å². The summed E-state index contributed by atoms with van der Waals surface area (Å²) in [6.07, 6.45) is 5.43. The summed E-state index contributed by atoms with van der Waals surface area (Å²) in [7, 11) is 0. The fraction of sp³-hybridized carbons (Fsp3) is 0.412. The minimum atomic E-state index is -1.07. The van der Waals surface area contributed by atoms with Gasteiger partial charge in [-0.25, -0.2) is 4.98 Å². The minimum absolute atomic E-state index is 0.203. The van der Waals surface area contributed by atoms with Gasteiger partial charge in [0.15, 0.2) is 0 Å². The standard InChI is InChI=1S/C17H21BrN4O/c1-17(19,12-5-7-13(18)8-6-12)16(23)20-10-14-11-22-9-3-2-4-15(22)21-14/h5-8,11H,2-4,9-10,19H2,1H3,(H,20,23). The van der Waals surface area contributed by atoms with E-state index in [4.69, 9.17) is 5.73 Å². The number of halogens is 1. The van der Waals surface area contributed by atoms with Gasteiger partial charge in [-0.05, 0) is 37.5 Å².